The van der Waals surface area contributed by atoms with Crippen molar-refractivity contribution in [3.63, 3.8) is 0 Å². The summed E-state index contributed by atoms with van der Waals surface area (Å²) in [5, 5.41) is 1.57. The molecule has 0 bridgehead atoms. The summed E-state index contributed by atoms with van der Waals surface area (Å²) in [4.78, 5) is 45.0. The number of aromatic amines is 1. The summed E-state index contributed by atoms with van der Waals surface area (Å²) in [7, 11) is 1.76. The van der Waals surface area contributed by atoms with E-state index in [1.165, 1.54) is 4.88 Å². The van der Waals surface area contributed by atoms with Gasteiger partial charge in [-0.2, -0.15) is 0 Å². The van der Waals surface area contributed by atoms with E-state index in [1.54, 1.807) is 29.5 Å². The lowest BCUT2D eigenvalue weighted by Gasteiger charge is -2.32. The predicted octanol–water partition coefficient (Wildman–Crippen LogP) is 5.78. The van der Waals surface area contributed by atoms with Crippen molar-refractivity contribution in [1.82, 2.24) is 19.9 Å². The quantitative estimate of drug-likeness (QED) is 0.278. The van der Waals surface area contributed by atoms with E-state index >= 15 is 0 Å². The van der Waals surface area contributed by atoms with Gasteiger partial charge in [0.1, 0.15) is 10.7 Å². The number of para-hydroxylation sites is 2. The van der Waals surface area contributed by atoms with Crippen LogP contribution in [0, 0.1) is 5.92 Å². The number of hydrogen-bond donors (Lipinski definition) is 1. The Kier molecular flexibility index (Phi) is 7.53. The van der Waals surface area contributed by atoms with Gasteiger partial charge in [-0.1, -0.05) is 36.4 Å². The zero-order valence-electron chi connectivity index (χ0n) is 22.4. The maximum atomic E-state index is 13.7. The number of rotatable bonds is 7. The van der Waals surface area contributed by atoms with E-state index in [2.05, 4.69) is 19.9 Å². The molecule has 4 heterocycles. The second-order valence-electron chi connectivity index (χ2n) is 10.3. The molecule has 3 aromatic heterocycles. The monoisotopic (exact) mass is 549 g/mol. The van der Waals surface area contributed by atoms with Crippen LogP contribution in [0.3, 0.4) is 0 Å². The lowest BCUT2D eigenvalue weighted by atomic mass is 9.88. The second kappa shape index (κ2) is 11.5. The minimum absolute atomic E-state index is 0.0479. The average Bonchev–Trinajstić information content (AvgIpc) is 3.48. The summed E-state index contributed by atoms with van der Waals surface area (Å²) < 4.78 is 0. The molecule has 1 N–H and O–H groups in total. The van der Waals surface area contributed by atoms with E-state index < -0.39 is 0 Å². The van der Waals surface area contributed by atoms with Gasteiger partial charge in [0.25, 0.3) is 5.91 Å². The van der Waals surface area contributed by atoms with Gasteiger partial charge in [0.2, 0.25) is 0 Å². The number of nitrogens with one attached hydrogen (secondary N) is 1. The van der Waals surface area contributed by atoms with Crippen LogP contribution < -0.4 is 10.3 Å². The minimum atomic E-state index is -0.199. The summed E-state index contributed by atoms with van der Waals surface area (Å²) in [5.41, 5.74) is 3.31. The molecule has 6 rings (SSSR count). The van der Waals surface area contributed by atoms with Crippen molar-refractivity contribution < 1.29 is 4.79 Å². The fourth-order valence-corrected chi connectivity index (χ4v) is 6.37. The highest BCUT2D eigenvalue weighted by atomic mass is 32.1. The smallest absolute Gasteiger partial charge is 0.274 e. The standard InChI is InChI=1S/C32H31N5O2S/c1-36(23-9-3-2-4-10-23)32(39)29-26(30(38)25-11-5-6-12-27(25)35-29)19-22-14-17-37(18-15-22)21-24-20-34-31(40-24)28-13-7-8-16-33-28/h2-13,16,20,22H,14-15,17-19,21H2,1H3,(H,35,38). The van der Waals surface area contributed by atoms with Crippen LogP contribution >= 0.6 is 11.3 Å². The van der Waals surface area contributed by atoms with Crippen LogP contribution in [-0.4, -0.2) is 45.9 Å². The summed E-state index contributed by atoms with van der Waals surface area (Å²) in [6, 6.07) is 22.9. The van der Waals surface area contributed by atoms with Crippen molar-refractivity contribution in [2.75, 3.05) is 25.0 Å². The summed E-state index contributed by atoms with van der Waals surface area (Å²) in [6.45, 7) is 2.75. The number of benzene rings is 2. The van der Waals surface area contributed by atoms with Crippen molar-refractivity contribution in [2.24, 2.45) is 5.92 Å². The van der Waals surface area contributed by atoms with Gasteiger partial charge in [0.05, 0.1) is 5.69 Å². The number of aromatic nitrogens is 3. The zero-order chi connectivity index (χ0) is 27.5. The summed E-state index contributed by atoms with van der Waals surface area (Å²) >= 11 is 1.69. The molecule has 0 unspecified atom stereocenters. The van der Waals surface area contributed by atoms with Crippen LogP contribution in [0.2, 0.25) is 0 Å². The normalized spacial score (nSPS) is 14.4. The number of piperidine rings is 1. The van der Waals surface area contributed by atoms with E-state index in [9.17, 15) is 9.59 Å². The van der Waals surface area contributed by atoms with Crippen LogP contribution in [0.5, 0.6) is 0 Å². The van der Waals surface area contributed by atoms with Gasteiger partial charge in [-0.25, -0.2) is 4.98 Å². The van der Waals surface area contributed by atoms with Gasteiger partial charge in [-0.3, -0.25) is 19.5 Å². The number of fused-ring (bicyclic) bond motifs is 1. The average molecular weight is 550 g/mol. The molecule has 0 spiro atoms. The first-order chi connectivity index (χ1) is 19.6. The molecule has 7 nitrogen and oxygen atoms in total. The van der Waals surface area contributed by atoms with Gasteiger partial charge in [0.15, 0.2) is 5.43 Å². The Bertz CT molecular complexity index is 1670. The largest absolute Gasteiger partial charge is 0.350 e. The molecule has 5 aromatic rings. The number of likely N-dealkylation sites (tertiary alicyclic amines) is 1. The molecule has 40 heavy (non-hydrogen) atoms. The molecule has 0 radical (unpaired) electrons. The van der Waals surface area contributed by atoms with Crippen LogP contribution in [0.25, 0.3) is 21.6 Å². The Morgan fingerprint density at radius 1 is 1.00 bits per heavy atom. The van der Waals surface area contributed by atoms with Crippen molar-refractivity contribution in [2.45, 2.75) is 25.8 Å². The Morgan fingerprint density at radius 3 is 2.52 bits per heavy atom. The van der Waals surface area contributed by atoms with Crippen LogP contribution in [0.4, 0.5) is 5.69 Å². The number of amides is 1. The van der Waals surface area contributed by atoms with Gasteiger partial charge >= 0.3 is 0 Å². The lowest BCUT2D eigenvalue weighted by molar-refractivity contribution is 0.0986. The third-order valence-corrected chi connectivity index (χ3v) is 8.69. The summed E-state index contributed by atoms with van der Waals surface area (Å²) in [6.07, 6.45) is 6.28. The van der Waals surface area contributed by atoms with Crippen molar-refractivity contribution in [3.8, 4) is 10.7 Å². The van der Waals surface area contributed by atoms with Crippen molar-refractivity contribution in [3.05, 3.63) is 112 Å². The highest BCUT2D eigenvalue weighted by molar-refractivity contribution is 7.14. The van der Waals surface area contributed by atoms with Gasteiger partial charge in [0, 0.05) is 53.0 Å². The van der Waals surface area contributed by atoms with Crippen LogP contribution in [-0.2, 0) is 13.0 Å². The van der Waals surface area contributed by atoms with Gasteiger partial charge in [-0.15, -0.1) is 11.3 Å². The fourth-order valence-electron chi connectivity index (χ4n) is 5.44. The first-order valence-corrected chi connectivity index (χ1v) is 14.4. The first kappa shape index (κ1) is 26.1. The Hall–Kier alpha value is -4.14. The molecule has 0 saturated carbocycles. The molecule has 8 heteroatoms. The third kappa shape index (κ3) is 5.46. The molecule has 1 amide bonds. The Balaban J connectivity index is 1.18. The van der Waals surface area contributed by atoms with Crippen LogP contribution in [0.15, 0.2) is 90.0 Å². The number of pyridine rings is 2. The zero-order valence-corrected chi connectivity index (χ0v) is 23.2. The molecule has 1 aliphatic rings. The minimum Gasteiger partial charge on any atom is -0.350 e. The fraction of sp³-hybridized carbons (Fsp3) is 0.250. The number of thiazole rings is 1. The third-order valence-electron chi connectivity index (χ3n) is 7.69. The Morgan fingerprint density at radius 2 is 1.75 bits per heavy atom. The highest BCUT2D eigenvalue weighted by Gasteiger charge is 2.26. The van der Waals surface area contributed by atoms with E-state index in [0.29, 0.717) is 34.5 Å². The van der Waals surface area contributed by atoms with Gasteiger partial charge < -0.3 is 9.88 Å². The van der Waals surface area contributed by atoms with E-state index in [4.69, 9.17) is 0 Å². The molecular weight excluding hydrogens is 518 g/mol. The SMILES string of the molecule is CN(C(=O)c1[nH]c2ccccc2c(=O)c1CC1CCN(Cc2cnc(-c3ccccn3)s2)CC1)c1ccccc1. The highest BCUT2D eigenvalue weighted by Crippen LogP contribution is 2.28. The predicted molar refractivity (Wildman–Crippen MR) is 161 cm³/mol. The van der Waals surface area contributed by atoms with Crippen LogP contribution in [0.1, 0.15) is 33.8 Å². The Labute approximate surface area is 237 Å². The van der Waals surface area contributed by atoms with Gasteiger partial charge in [-0.05, 0) is 74.7 Å². The van der Waals surface area contributed by atoms with E-state index in [0.717, 1.165) is 48.9 Å². The van der Waals surface area contributed by atoms with Crippen molar-refractivity contribution in [1.29, 1.82) is 0 Å². The molecule has 202 valence electrons. The maximum absolute atomic E-state index is 13.7. The topological polar surface area (TPSA) is 82.2 Å². The first-order valence-electron chi connectivity index (χ1n) is 13.6. The van der Waals surface area contributed by atoms with E-state index in [-0.39, 0.29) is 11.3 Å². The second-order valence-corrected chi connectivity index (χ2v) is 11.4. The molecule has 2 aromatic carbocycles. The number of H-pyrrole nitrogens is 1. The number of carbonyl (C=O) groups excluding carboxylic acids is 1. The number of anilines is 1. The molecule has 0 aliphatic carbocycles. The molecule has 1 fully saturated rings. The molecule has 1 aliphatic heterocycles. The number of nitrogens with zero attached hydrogens (tertiary/aromatic N) is 4. The maximum Gasteiger partial charge on any atom is 0.274 e. The lowest BCUT2D eigenvalue weighted by Crippen LogP contribution is -2.35. The van der Waals surface area contributed by atoms with E-state index in [1.807, 2.05) is 79.0 Å². The summed E-state index contributed by atoms with van der Waals surface area (Å²) in [5.74, 6) is 0.132. The number of carbonyl (C=O) groups is 1. The molecule has 1 saturated heterocycles. The molecular formula is C32H31N5O2S. The number of hydrogen-bond acceptors (Lipinski definition) is 6. The van der Waals surface area contributed by atoms with Crippen molar-refractivity contribution >= 4 is 33.8 Å². The molecule has 0 atom stereocenters.